The van der Waals surface area contributed by atoms with Gasteiger partial charge in [-0.25, -0.2) is 14.1 Å². The highest BCUT2D eigenvalue weighted by atomic mass is 35.5. The fourth-order valence-corrected chi connectivity index (χ4v) is 3.73. The first-order valence-electron chi connectivity index (χ1n) is 9.35. The summed E-state index contributed by atoms with van der Waals surface area (Å²) in [6, 6.07) is 3.75. The van der Waals surface area contributed by atoms with Gasteiger partial charge >= 0.3 is 17.8 Å². The monoisotopic (exact) mass is 407 g/mol. The smallest absolute Gasteiger partial charge is 0.284 e. The minimum absolute atomic E-state index is 0.101. The first-order chi connectivity index (χ1) is 13.4. The highest BCUT2D eigenvalue weighted by molar-refractivity contribution is 6.44. The minimum Gasteiger partial charge on any atom is -0.284 e. The van der Waals surface area contributed by atoms with Crippen molar-refractivity contribution in [3.05, 3.63) is 46.3 Å². The number of hydrogen-bond donors (Lipinski definition) is 0. The van der Waals surface area contributed by atoms with Gasteiger partial charge in [-0.05, 0) is 51.3 Å². The lowest BCUT2D eigenvalue weighted by Gasteiger charge is -2.23. The van der Waals surface area contributed by atoms with Crippen LogP contribution in [0, 0.1) is 5.82 Å². The third kappa shape index (κ3) is 4.42. The van der Waals surface area contributed by atoms with Crippen LogP contribution in [-0.2, 0) is 16.1 Å². The predicted molar refractivity (Wildman–Crippen MR) is 103 cm³/mol. The van der Waals surface area contributed by atoms with Crippen LogP contribution in [0.5, 0.6) is 0 Å². The maximum absolute atomic E-state index is 14.0. The second-order valence-electron chi connectivity index (χ2n) is 7.19. The second-order valence-corrected chi connectivity index (χ2v) is 7.59. The van der Waals surface area contributed by atoms with Crippen LogP contribution in [0.3, 0.4) is 0 Å². The Hall–Kier alpha value is -2.25. The molecule has 1 fully saturated rings. The molecule has 2 aliphatic rings. The fraction of sp³-hybridized carbons (Fsp3) is 0.450. The van der Waals surface area contributed by atoms with Gasteiger partial charge < -0.3 is 0 Å². The van der Waals surface area contributed by atoms with Gasteiger partial charge in [0.1, 0.15) is 5.82 Å². The van der Waals surface area contributed by atoms with Gasteiger partial charge in [0.2, 0.25) is 0 Å². The molecule has 1 aliphatic carbocycles. The lowest BCUT2D eigenvalue weighted by atomic mass is 9.97. The van der Waals surface area contributed by atoms with E-state index in [1.807, 2.05) is 0 Å². The normalized spacial score (nSPS) is 17.7. The molecule has 28 heavy (non-hydrogen) atoms. The molecule has 1 aliphatic heterocycles. The molecule has 4 amide bonds. The number of allylic oxidation sites excluding steroid dienone is 1. The fourth-order valence-electron chi connectivity index (χ4n) is 3.50. The zero-order chi connectivity index (χ0) is 20.3. The number of halogens is 2. The van der Waals surface area contributed by atoms with Crippen LogP contribution in [0.1, 0.15) is 37.7 Å². The van der Waals surface area contributed by atoms with Crippen molar-refractivity contribution >= 4 is 29.4 Å². The summed E-state index contributed by atoms with van der Waals surface area (Å²) in [5.74, 6) is -2.12. The summed E-state index contributed by atoms with van der Waals surface area (Å²) in [5.41, 5.74) is 1.50. The van der Waals surface area contributed by atoms with Crippen molar-refractivity contribution in [1.82, 2.24) is 14.7 Å². The van der Waals surface area contributed by atoms with Gasteiger partial charge in [0, 0.05) is 23.7 Å². The Morgan fingerprint density at radius 3 is 2.57 bits per heavy atom. The molecule has 0 atom stereocenters. The molecule has 1 heterocycles. The average molecular weight is 408 g/mol. The summed E-state index contributed by atoms with van der Waals surface area (Å²) >= 11 is 6.03. The van der Waals surface area contributed by atoms with E-state index in [9.17, 15) is 18.8 Å². The lowest BCUT2D eigenvalue weighted by Crippen LogP contribution is -2.40. The van der Waals surface area contributed by atoms with Gasteiger partial charge in [-0.2, -0.15) is 0 Å². The molecule has 0 spiro atoms. The van der Waals surface area contributed by atoms with Gasteiger partial charge in [0.05, 0.1) is 6.67 Å². The molecular weight excluding hydrogens is 385 g/mol. The van der Waals surface area contributed by atoms with Gasteiger partial charge in [0.25, 0.3) is 0 Å². The van der Waals surface area contributed by atoms with E-state index in [0.29, 0.717) is 6.42 Å². The van der Waals surface area contributed by atoms with E-state index in [1.165, 1.54) is 17.7 Å². The zero-order valence-electron chi connectivity index (χ0n) is 15.8. The van der Waals surface area contributed by atoms with Crippen LogP contribution < -0.4 is 0 Å². The predicted octanol–water partition coefficient (Wildman–Crippen LogP) is 3.55. The largest absolute Gasteiger partial charge is 0.335 e. The van der Waals surface area contributed by atoms with Crippen molar-refractivity contribution in [2.24, 2.45) is 0 Å². The van der Waals surface area contributed by atoms with Crippen LogP contribution in [-0.4, -0.2) is 52.8 Å². The Morgan fingerprint density at radius 1 is 1.14 bits per heavy atom. The van der Waals surface area contributed by atoms with Gasteiger partial charge in [0.15, 0.2) is 0 Å². The van der Waals surface area contributed by atoms with Gasteiger partial charge in [-0.3, -0.25) is 19.4 Å². The number of amides is 4. The highest BCUT2D eigenvalue weighted by Gasteiger charge is 2.44. The molecule has 3 rings (SSSR count). The third-order valence-electron chi connectivity index (χ3n) is 5.05. The Morgan fingerprint density at radius 2 is 1.89 bits per heavy atom. The van der Waals surface area contributed by atoms with Crippen molar-refractivity contribution in [2.45, 2.75) is 38.6 Å². The number of carbonyl (C=O) groups excluding carboxylic acids is 3. The lowest BCUT2D eigenvalue weighted by molar-refractivity contribution is -0.143. The van der Waals surface area contributed by atoms with Crippen LogP contribution in [0.15, 0.2) is 29.8 Å². The van der Waals surface area contributed by atoms with E-state index in [1.54, 1.807) is 18.0 Å². The molecule has 0 saturated carbocycles. The second kappa shape index (κ2) is 8.84. The Balaban J connectivity index is 1.62. The maximum Gasteiger partial charge on any atom is 0.335 e. The van der Waals surface area contributed by atoms with E-state index >= 15 is 0 Å². The van der Waals surface area contributed by atoms with Crippen molar-refractivity contribution < 1.29 is 18.8 Å². The van der Waals surface area contributed by atoms with Crippen LogP contribution in [0.2, 0.25) is 5.02 Å². The number of imide groups is 2. The number of rotatable bonds is 7. The molecule has 150 valence electrons. The number of benzene rings is 1. The molecule has 1 saturated heterocycles. The summed E-state index contributed by atoms with van der Waals surface area (Å²) in [4.78, 5) is 40.6. The van der Waals surface area contributed by atoms with Crippen molar-refractivity contribution in [2.75, 3.05) is 20.3 Å². The summed E-state index contributed by atoms with van der Waals surface area (Å²) in [7, 11) is 1.63. The van der Waals surface area contributed by atoms with Crippen LogP contribution >= 0.6 is 11.6 Å². The Bertz CT molecular complexity index is 807. The summed E-state index contributed by atoms with van der Waals surface area (Å²) in [5, 5.41) is 0.268. The number of urea groups is 1. The summed E-state index contributed by atoms with van der Waals surface area (Å²) in [6.45, 7) is 0.186. The van der Waals surface area contributed by atoms with Crippen molar-refractivity contribution in [1.29, 1.82) is 0 Å². The molecule has 0 aromatic heterocycles. The van der Waals surface area contributed by atoms with Gasteiger partial charge in [-0.1, -0.05) is 29.3 Å². The Kier molecular flexibility index (Phi) is 6.46. The third-order valence-corrected chi connectivity index (χ3v) is 5.40. The van der Waals surface area contributed by atoms with E-state index in [-0.39, 0.29) is 30.3 Å². The highest BCUT2D eigenvalue weighted by Crippen LogP contribution is 2.23. The quantitative estimate of drug-likeness (QED) is 0.394. The average Bonchev–Trinajstić information content (AvgIpc) is 2.87. The molecule has 0 N–H and O–H groups in total. The Labute approximate surface area is 168 Å². The standard InChI is InChI=1S/C20H23ClFN3O3/c1-23(12-15-16(21)8-5-9-17(15)22)13-25-19(27)18(26)24(20(25)28)11-10-14-6-3-2-4-7-14/h5-6,8-9H,2-4,7,10-13H2,1H3. The van der Waals surface area contributed by atoms with Crippen LogP contribution in [0.25, 0.3) is 0 Å². The molecule has 8 heteroatoms. The van der Waals surface area contributed by atoms with E-state index < -0.39 is 23.7 Å². The number of hydrogen-bond acceptors (Lipinski definition) is 4. The van der Waals surface area contributed by atoms with Crippen molar-refractivity contribution in [3.8, 4) is 0 Å². The molecular formula is C20H23ClFN3O3. The topological polar surface area (TPSA) is 60.9 Å². The molecule has 0 unspecified atom stereocenters. The summed E-state index contributed by atoms with van der Waals surface area (Å²) < 4.78 is 14.0. The molecule has 0 bridgehead atoms. The first kappa shape index (κ1) is 20.5. The maximum atomic E-state index is 14.0. The SMILES string of the molecule is CN(Cc1c(F)cccc1Cl)CN1C(=O)C(=O)N(CCC2=CCCCC2)C1=O. The molecule has 6 nitrogen and oxygen atoms in total. The molecule has 0 radical (unpaired) electrons. The zero-order valence-corrected chi connectivity index (χ0v) is 16.5. The number of carbonyl (C=O) groups is 3. The molecule has 1 aromatic rings. The van der Waals surface area contributed by atoms with E-state index in [2.05, 4.69) is 6.08 Å². The van der Waals surface area contributed by atoms with E-state index in [4.69, 9.17) is 11.6 Å². The van der Waals surface area contributed by atoms with E-state index in [0.717, 1.165) is 35.5 Å². The minimum atomic E-state index is -0.853. The van der Waals surface area contributed by atoms with Crippen LogP contribution in [0.4, 0.5) is 9.18 Å². The number of nitrogens with zero attached hydrogens (tertiary/aromatic N) is 3. The van der Waals surface area contributed by atoms with Crippen molar-refractivity contribution in [3.63, 3.8) is 0 Å². The first-order valence-corrected chi connectivity index (χ1v) is 9.73. The van der Waals surface area contributed by atoms with Gasteiger partial charge in [-0.15, -0.1) is 0 Å². The summed E-state index contributed by atoms with van der Waals surface area (Å²) in [6.07, 6.45) is 7.02. The molecule has 1 aromatic carbocycles.